The number of amides is 1. The molecular weight excluding hydrogens is 453 g/mol. The van der Waals surface area contributed by atoms with Crippen molar-refractivity contribution in [1.29, 1.82) is 0 Å². The van der Waals surface area contributed by atoms with Crippen LogP contribution in [0.1, 0.15) is 11.1 Å². The molecule has 0 N–H and O–H groups in total. The van der Waals surface area contributed by atoms with E-state index in [0.717, 1.165) is 35.4 Å². The summed E-state index contributed by atoms with van der Waals surface area (Å²) in [6.07, 6.45) is -10.5. The minimum atomic E-state index is -5.27. The Morgan fingerprint density at radius 3 is 2.19 bits per heavy atom. The molecule has 3 rings (SSSR count). The van der Waals surface area contributed by atoms with Gasteiger partial charge in [0.05, 0.1) is 16.7 Å². The predicted molar refractivity (Wildman–Crippen MR) is 98.4 cm³/mol. The van der Waals surface area contributed by atoms with Gasteiger partial charge in [0.15, 0.2) is 5.75 Å². The van der Waals surface area contributed by atoms with Crippen LogP contribution in [0.15, 0.2) is 48.0 Å². The van der Waals surface area contributed by atoms with E-state index in [0.29, 0.717) is 6.07 Å². The summed E-state index contributed by atoms with van der Waals surface area (Å²) >= 11 is 0.770. The van der Waals surface area contributed by atoms with Gasteiger partial charge in [-0.1, -0.05) is 0 Å². The Labute approximate surface area is 174 Å². The van der Waals surface area contributed by atoms with Crippen molar-refractivity contribution in [2.75, 3.05) is 11.9 Å². The molecule has 12 heteroatoms. The Morgan fingerprint density at radius 1 is 1.03 bits per heavy atom. The second-order valence-electron chi connectivity index (χ2n) is 6.14. The summed E-state index contributed by atoms with van der Waals surface area (Å²) in [5.41, 5.74) is -3.91. The van der Waals surface area contributed by atoms with Gasteiger partial charge in [0, 0.05) is 24.3 Å². The maximum atomic E-state index is 13.6. The SMILES string of the molecule is CN(C(=O)Oc1c(-c2nccs2)cc(C(F)(F)F)cc1C(F)(F)F)c1ccc(F)cc1. The Balaban J connectivity index is 2.13. The number of ether oxygens (including phenoxy) is 1. The summed E-state index contributed by atoms with van der Waals surface area (Å²) in [5.74, 6) is -1.73. The molecule has 0 saturated heterocycles. The highest BCUT2D eigenvalue weighted by atomic mass is 32.1. The molecule has 0 aliphatic rings. The van der Waals surface area contributed by atoms with Crippen LogP contribution in [0.3, 0.4) is 0 Å². The molecule has 0 spiro atoms. The van der Waals surface area contributed by atoms with Gasteiger partial charge in [-0.3, -0.25) is 4.90 Å². The van der Waals surface area contributed by atoms with Gasteiger partial charge in [0.25, 0.3) is 0 Å². The van der Waals surface area contributed by atoms with Gasteiger partial charge in [0.2, 0.25) is 0 Å². The van der Waals surface area contributed by atoms with Gasteiger partial charge in [-0.2, -0.15) is 26.3 Å². The van der Waals surface area contributed by atoms with E-state index < -0.39 is 46.7 Å². The Kier molecular flexibility index (Phi) is 5.94. The predicted octanol–water partition coefficient (Wildman–Crippen LogP) is 6.62. The molecule has 4 nitrogen and oxygen atoms in total. The number of halogens is 7. The highest BCUT2D eigenvalue weighted by Crippen LogP contribution is 2.46. The zero-order chi connectivity index (χ0) is 23.0. The number of alkyl halides is 6. The first kappa shape index (κ1) is 22.5. The lowest BCUT2D eigenvalue weighted by Crippen LogP contribution is -2.30. The maximum absolute atomic E-state index is 13.6. The van der Waals surface area contributed by atoms with E-state index in [1.54, 1.807) is 0 Å². The van der Waals surface area contributed by atoms with E-state index in [1.807, 2.05) is 0 Å². The second kappa shape index (κ2) is 8.17. The molecule has 3 aromatic rings. The zero-order valence-electron chi connectivity index (χ0n) is 15.4. The average Bonchev–Trinajstić information content (AvgIpc) is 3.21. The minimum Gasteiger partial charge on any atom is -0.409 e. The molecule has 0 fully saturated rings. The van der Waals surface area contributed by atoms with Crippen LogP contribution in [0.4, 0.5) is 41.2 Å². The normalized spacial score (nSPS) is 12.0. The summed E-state index contributed by atoms with van der Waals surface area (Å²) in [7, 11) is 1.15. The topological polar surface area (TPSA) is 42.4 Å². The number of thiazole rings is 1. The number of nitrogens with zero attached hydrogens (tertiary/aromatic N) is 2. The molecule has 0 saturated carbocycles. The summed E-state index contributed by atoms with van der Waals surface area (Å²) in [6.45, 7) is 0. The van der Waals surface area contributed by atoms with E-state index in [1.165, 1.54) is 23.7 Å². The highest BCUT2D eigenvalue weighted by Gasteiger charge is 2.41. The zero-order valence-corrected chi connectivity index (χ0v) is 16.2. The molecule has 1 amide bonds. The largest absolute Gasteiger partial charge is 0.420 e. The van der Waals surface area contributed by atoms with Crippen molar-refractivity contribution >= 4 is 23.1 Å². The molecule has 1 heterocycles. The fraction of sp³-hybridized carbons (Fsp3) is 0.158. The monoisotopic (exact) mass is 464 g/mol. The van der Waals surface area contributed by atoms with E-state index in [9.17, 15) is 35.5 Å². The van der Waals surface area contributed by atoms with E-state index >= 15 is 0 Å². The lowest BCUT2D eigenvalue weighted by atomic mass is 10.0. The third kappa shape index (κ3) is 4.95. The summed E-state index contributed by atoms with van der Waals surface area (Å²) in [5, 5.41) is 1.14. The van der Waals surface area contributed by atoms with Crippen molar-refractivity contribution in [3.05, 3.63) is 64.9 Å². The van der Waals surface area contributed by atoms with Crippen molar-refractivity contribution in [1.82, 2.24) is 4.98 Å². The second-order valence-corrected chi connectivity index (χ2v) is 7.03. The molecule has 0 atom stereocenters. The van der Waals surface area contributed by atoms with Crippen LogP contribution in [0, 0.1) is 5.82 Å². The number of carbonyl (C=O) groups excluding carboxylic acids is 1. The van der Waals surface area contributed by atoms with Gasteiger partial charge in [-0.15, -0.1) is 11.3 Å². The third-order valence-electron chi connectivity index (χ3n) is 4.06. The molecule has 0 radical (unpaired) electrons. The van der Waals surface area contributed by atoms with Gasteiger partial charge in [-0.05, 0) is 36.4 Å². The van der Waals surface area contributed by atoms with E-state index in [4.69, 9.17) is 4.74 Å². The smallest absolute Gasteiger partial charge is 0.409 e. The van der Waals surface area contributed by atoms with Crippen molar-refractivity contribution in [2.45, 2.75) is 12.4 Å². The fourth-order valence-electron chi connectivity index (χ4n) is 2.55. The third-order valence-corrected chi connectivity index (χ3v) is 4.87. The van der Waals surface area contributed by atoms with Crippen molar-refractivity contribution in [3.8, 4) is 16.3 Å². The van der Waals surface area contributed by atoms with Crippen LogP contribution in [0.2, 0.25) is 0 Å². The Bertz CT molecular complexity index is 1080. The molecule has 164 valence electrons. The first-order valence-electron chi connectivity index (χ1n) is 8.31. The van der Waals surface area contributed by atoms with E-state index in [-0.39, 0.29) is 16.8 Å². The average molecular weight is 464 g/mol. The van der Waals surface area contributed by atoms with E-state index in [2.05, 4.69) is 4.98 Å². The standard InChI is InChI=1S/C19H11F7N2O2S/c1-28(12-4-2-11(20)3-5-12)17(29)30-15-13(16-27-6-7-31-16)8-10(18(21,22)23)9-14(15)19(24,25)26/h2-9H,1H3. The Hall–Kier alpha value is -3.15. The van der Waals surface area contributed by atoms with Crippen LogP contribution in [0.5, 0.6) is 5.75 Å². The lowest BCUT2D eigenvalue weighted by molar-refractivity contribution is -0.143. The molecule has 0 aliphatic carbocycles. The van der Waals surface area contributed by atoms with Crippen molar-refractivity contribution < 1.29 is 40.3 Å². The molecule has 31 heavy (non-hydrogen) atoms. The number of rotatable bonds is 3. The highest BCUT2D eigenvalue weighted by molar-refractivity contribution is 7.13. The quantitative estimate of drug-likeness (QED) is 0.409. The number of hydrogen-bond acceptors (Lipinski definition) is 4. The maximum Gasteiger partial charge on any atom is 0.420 e. The van der Waals surface area contributed by atoms with Crippen LogP contribution < -0.4 is 9.64 Å². The lowest BCUT2D eigenvalue weighted by Gasteiger charge is -2.22. The molecule has 0 unspecified atom stereocenters. The van der Waals surface area contributed by atoms with Crippen LogP contribution in [0.25, 0.3) is 10.6 Å². The molecule has 0 aliphatic heterocycles. The molecular formula is C19H11F7N2O2S. The number of carbonyl (C=O) groups is 1. The van der Waals surface area contributed by atoms with Crippen LogP contribution in [-0.2, 0) is 12.4 Å². The van der Waals surface area contributed by atoms with Gasteiger partial charge < -0.3 is 4.74 Å². The molecule has 2 aromatic carbocycles. The summed E-state index contributed by atoms with van der Waals surface area (Å²) in [4.78, 5) is 17.0. The van der Waals surface area contributed by atoms with Gasteiger partial charge in [-0.25, -0.2) is 14.2 Å². The molecule has 1 aromatic heterocycles. The van der Waals surface area contributed by atoms with Gasteiger partial charge >= 0.3 is 18.4 Å². The van der Waals surface area contributed by atoms with Crippen LogP contribution >= 0.6 is 11.3 Å². The number of hydrogen-bond donors (Lipinski definition) is 0. The first-order valence-corrected chi connectivity index (χ1v) is 9.19. The first-order chi connectivity index (χ1) is 14.4. The van der Waals surface area contributed by atoms with Gasteiger partial charge in [0.1, 0.15) is 10.8 Å². The fourth-order valence-corrected chi connectivity index (χ4v) is 3.21. The van der Waals surface area contributed by atoms with Crippen molar-refractivity contribution in [2.24, 2.45) is 0 Å². The van der Waals surface area contributed by atoms with Crippen LogP contribution in [-0.4, -0.2) is 18.1 Å². The number of anilines is 1. The number of aromatic nitrogens is 1. The number of benzene rings is 2. The van der Waals surface area contributed by atoms with Crippen molar-refractivity contribution in [3.63, 3.8) is 0 Å². The molecule has 0 bridgehead atoms. The Morgan fingerprint density at radius 2 is 1.68 bits per heavy atom. The minimum absolute atomic E-state index is 0.0858. The summed E-state index contributed by atoms with van der Waals surface area (Å²) in [6, 6.07) is 4.69. The summed E-state index contributed by atoms with van der Waals surface area (Å²) < 4.78 is 98.5.